The number of aromatic nitrogens is 2. The normalized spacial score (nSPS) is 10.5. The van der Waals surface area contributed by atoms with Crippen LogP contribution in [0.3, 0.4) is 0 Å². The molecule has 0 aliphatic rings. The Morgan fingerprint density at radius 3 is 2.61 bits per heavy atom. The number of esters is 1. The molecule has 3 rings (SSSR count). The summed E-state index contributed by atoms with van der Waals surface area (Å²) in [7, 11) is 0. The van der Waals surface area contributed by atoms with Gasteiger partial charge in [0, 0.05) is 5.02 Å². The van der Waals surface area contributed by atoms with Crippen LogP contribution >= 0.6 is 11.6 Å². The lowest BCUT2D eigenvalue weighted by atomic mass is 10.2. The zero-order chi connectivity index (χ0) is 20.1. The third kappa shape index (κ3) is 4.55. The number of carbonyl (C=O) groups excluding carboxylic acids is 1. The number of benzene rings is 2. The van der Waals surface area contributed by atoms with Gasteiger partial charge in [0.1, 0.15) is 12.4 Å². The van der Waals surface area contributed by atoms with E-state index in [1.54, 1.807) is 31.2 Å². The van der Waals surface area contributed by atoms with Crippen LogP contribution in [0.4, 0.5) is 4.39 Å². The molecule has 0 bridgehead atoms. The van der Waals surface area contributed by atoms with Crippen molar-refractivity contribution >= 4 is 17.6 Å². The van der Waals surface area contributed by atoms with Gasteiger partial charge in [-0.1, -0.05) is 23.7 Å². The summed E-state index contributed by atoms with van der Waals surface area (Å²) in [5.74, 6) is -1.20. The number of nitrogens with zero attached hydrogens (tertiary/aromatic N) is 2. The molecular formula is C20H16ClFN2O4. The molecule has 0 saturated heterocycles. The Bertz CT molecular complexity index is 1050. The molecule has 6 nitrogen and oxygen atoms in total. The smallest absolute Gasteiger partial charge is 0.362 e. The quantitative estimate of drug-likeness (QED) is 0.587. The highest BCUT2D eigenvalue weighted by molar-refractivity contribution is 6.30. The number of halogens is 2. The van der Waals surface area contributed by atoms with Gasteiger partial charge in [0.2, 0.25) is 5.69 Å². The second-order valence-corrected chi connectivity index (χ2v) is 6.16. The van der Waals surface area contributed by atoms with E-state index in [1.165, 1.54) is 24.3 Å². The summed E-state index contributed by atoms with van der Waals surface area (Å²) in [6.45, 7) is 1.86. The molecule has 144 valence electrons. The summed E-state index contributed by atoms with van der Waals surface area (Å²) in [5, 5.41) is 4.62. The molecule has 28 heavy (non-hydrogen) atoms. The van der Waals surface area contributed by atoms with Gasteiger partial charge in [0.05, 0.1) is 18.4 Å². The van der Waals surface area contributed by atoms with Crippen LogP contribution in [0.15, 0.2) is 59.4 Å². The largest absolute Gasteiger partial charge is 0.486 e. The van der Waals surface area contributed by atoms with Crippen LogP contribution in [0.25, 0.3) is 5.69 Å². The van der Waals surface area contributed by atoms with Crippen molar-refractivity contribution in [1.29, 1.82) is 0 Å². The lowest BCUT2D eigenvalue weighted by Gasteiger charge is -2.12. The molecule has 0 saturated carbocycles. The van der Waals surface area contributed by atoms with Gasteiger partial charge in [-0.3, -0.25) is 4.79 Å². The van der Waals surface area contributed by atoms with Crippen LogP contribution in [0.1, 0.15) is 23.0 Å². The third-order valence-electron chi connectivity index (χ3n) is 3.72. The first-order valence-corrected chi connectivity index (χ1v) is 8.80. The Morgan fingerprint density at radius 1 is 1.18 bits per heavy atom. The molecule has 0 atom stereocenters. The van der Waals surface area contributed by atoms with E-state index in [0.29, 0.717) is 10.7 Å². The van der Waals surface area contributed by atoms with Gasteiger partial charge in [0.25, 0.3) is 5.56 Å². The highest BCUT2D eigenvalue weighted by atomic mass is 35.5. The maximum absolute atomic E-state index is 13.2. The van der Waals surface area contributed by atoms with Gasteiger partial charge in [-0.15, -0.1) is 0 Å². The number of ether oxygens (including phenoxy) is 2. The Labute approximate surface area is 165 Å². The predicted molar refractivity (Wildman–Crippen MR) is 102 cm³/mol. The van der Waals surface area contributed by atoms with Crippen molar-refractivity contribution in [1.82, 2.24) is 9.78 Å². The first-order chi connectivity index (χ1) is 13.5. The third-order valence-corrected chi connectivity index (χ3v) is 3.96. The van der Waals surface area contributed by atoms with Crippen molar-refractivity contribution in [3.8, 4) is 11.4 Å². The topological polar surface area (TPSA) is 70.4 Å². The van der Waals surface area contributed by atoms with Crippen LogP contribution in [-0.4, -0.2) is 22.4 Å². The second kappa shape index (κ2) is 8.67. The summed E-state index contributed by atoms with van der Waals surface area (Å²) in [4.78, 5) is 24.8. The van der Waals surface area contributed by atoms with Crippen LogP contribution in [-0.2, 0) is 11.3 Å². The molecule has 0 aliphatic heterocycles. The Kier molecular flexibility index (Phi) is 6.06. The van der Waals surface area contributed by atoms with Crippen molar-refractivity contribution in [2.24, 2.45) is 0 Å². The van der Waals surface area contributed by atoms with E-state index < -0.39 is 17.3 Å². The predicted octanol–water partition coefficient (Wildman–Crippen LogP) is 3.78. The van der Waals surface area contributed by atoms with Crippen molar-refractivity contribution < 1.29 is 18.7 Å². The minimum atomic E-state index is -0.737. The van der Waals surface area contributed by atoms with Gasteiger partial charge >= 0.3 is 5.97 Å². The van der Waals surface area contributed by atoms with Gasteiger partial charge in [-0.05, 0) is 48.9 Å². The average Bonchev–Trinajstić information content (AvgIpc) is 2.67. The summed E-state index contributed by atoms with van der Waals surface area (Å²) >= 11 is 5.95. The Balaban J connectivity index is 1.98. The fourth-order valence-corrected chi connectivity index (χ4v) is 2.66. The Hall–Kier alpha value is -3.19. The highest BCUT2D eigenvalue weighted by Crippen LogP contribution is 2.19. The maximum Gasteiger partial charge on any atom is 0.362 e. The van der Waals surface area contributed by atoms with Crippen LogP contribution in [0.5, 0.6) is 5.75 Å². The van der Waals surface area contributed by atoms with Gasteiger partial charge in [0.15, 0.2) is 5.75 Å². The minimum Gasteiger partial charge on any atom is -0.486 e. The van der Waals surface area contributed by atoms with Crippen molar-refractivity contribution in [3.63, 3.8) is 0 Å². The molecule has 3 aromatic rings. The summed E-state index contributed by atoms with van der Waals surface area (Å²) in [6, 6.07) is 13.3. The summed E-state index contributed by atoms with van der Waals surface area (Å²) < 4.78 is 24.8. The zero-order valence-electron chi connectivity index (χ0n) is 14.9. The van der Waals surface area contributed by atoms with E-state index in [-0.39, 0.29) is 24.7 Å². The monoisotopic (exact) mass is 402 g/mol. The lowest BCUT2D eigenvalue weighted by molar-refractivity contribution is 0.0511. The highest BCUT2D eigenvalue weighted by Gasteiger charge is 2.20. The molecule has 0 spiro atoms. The Morgan fingerprint density at radius 2 is 1.93 bits per heavy atom. The minimum absolute atomic E-state index is 0.0122. The summed E-state index contributed by atoms with van der Waals surface area (Å²) in [6.07, 6.45) is 0. The van der Waals surface area contributed by atoms with E-state index in [1.807, 2.05) is 0 Å². The number of carbonyl (C=O) groups is 1. The molecule has 0 amide bonds. The first-order valence-electron chi connectivity index (χ1n) is 8.42. The van der Waals surface area contributed by atoms with Crippen molar-refractivity contribution in [2.75, 3.05) is 6.61 Å². The maximum atomic E-state index is 13.2. The molecule has 0 aliphatic carbocycles. The summed E-state index contributed by atoms with van der Waals surface area (Å²) in [5.41, 5.74) is 0.358. The molecule has 0 fully saturated rings. The lowest BCUT2D eigenvalue weighted by Crippen LogP contribution is -2.25. The second-order valence-electron chi connectivity index (χ2n) is 5.72. The first kappa shape index (κ1) is 19.6. The molecular weight excluding hydrogens is 387 g/mol. The molecule has 2 aromatic carbocycles. The number of hydrogen-bond acceptors (Lipinski definition) is 5. The van der Waals surface area contributed by atoms with E-state index in [0.717, 1.165) is 16.3 Å². The fourth-order valence-electron chi connectivity index (χ4n) is 2.45. The number of hydrogen-bond donors (Lipinski definition) is 0. The zero-order valence-corrected chi connectivity index (χ0v) is 15.6. The van der Waals surface area contributed by atoms with Crippen molar-refractivity contribution in [2.45, 2.75) is 13.5 Å². The SMILES string of the molecule is CCOC(=O)c1nn(-c2ccc(F)cc2)c(=O)cc1OCc1cccc(Cl)c1. The molecule has 8 heteroatoms. The van der Waals surface area contributed by atoms with E-state index >= 15 is 0 Å². The average molecular weight is 403 g/mol. The molecule has 0 unspecified atom stereocenters. The van der Waals surface area contributed by atoms with Crippen LogP contribution < -0.4 is 10.3 Å². The van der Waals surface area contributed by atoms with Gasteiger partial charge in [-0.2, -0.15) is 9.78 Å². The van der Waals surface area contributed by atoms with Crippen LogP contribution in [0.2, 0.25) is 5.02 Å². The van der Waals surface area contributed by atoms with E-state index in [4.69, 9.17) is 21.1 Å². The molecule has 0 N–H and O–H groups in total. The number of rotatable bonds is 6. The van der Waals surface area contributed by atoms with Crippen LogP contribution in [0, 0.1) is 5.82 Å². The fraction of sp³-hybridized carbons (Fsp3) is 0.150. The molecule has 0 radical (unpaired) electrons. The molecule has 1 heterocycles. The van der Waals surface area contributed by atoms with E-state index in [2.05, 4.69) is 5.10 Å². The van der Waals surface area contributed by atoms with Gasteiger partial charge < -0.3 is 9.47 Å². The molecule has 1 aromatic heterocycles. The van der Waals surface area contributed by atoms with Gasteiger partial charge in [-0.25, -0.2) is 9.18 Å². The standard InChI is InChI=1S/C20H16ClFN2O4/c1-2-27-20(26)19-17(28-12-13-4-3-5-14(21)10-13)11-18(25)24(23-19)16-8-6-15(22)7-9-16/h3-11H,2,12H2,1H3. The van der Waals surface area contributed by atoms with E-state index in [9.17, 15) is 14.0 Å². The van der Waals surface area contributed by atoms with Crippen molar-refractivity contribution in [3.05, 3.63) is 87.0 Å².